The van der Waals surface area contributed by atoms with E-state index in [4.69, 9.17) is 4.74 Å². The van der Waals surface area contributed by atoms with Crippen molar-refractivity contribution in [2.75, 3.05) is 25.0 Å². The van der Waals surface area contributed by atoms with Crippen molar-refractivity contribution in [3.8, 4) is 6.01 Å². The molecule has 0 bridgehead atoms. The molecule has 0 atom stereocenters. The van der Waals surface area contributed by atoms with Crippen molar-refractivity contribution in [1.82, 2.24) is 14.9 Å². The van der Waals surface area contributed by atoms with Crippen LogP contribution >= 0.6 is 15.9 Å². The Morgan fingerprint density at radius 1 is 1.06 bits per heavy atom. The van der Waals surface area contributed by atoms with E-state index in [1.54, 1.807) is 4.90 Å². The lowest BCUT2D eigenvalue weighted by molar-refractivity contribution is -0.138. The number of carbonyl (C=O) groups is 2. The molecule has 3 aromatic rings. The first kappa shape index (κ1) is 23.8. The highest BCUT2D eigenvalue weighted by Crippen LogP contribution is 2.33. The Morgan fingerprint density at radius 2 is 1.68 bits per heavy atom. The third kappa shape index (κ3) is 5.75. The zero-order valence-electron chi connectivity index (χ0n) is 18.1. The number of benzene rings is 2. The number of anilines is 1. The third-order valence-corrected chi connectivity index (χ3v) is 6.17. The molecule has 1 aromatic heterocycles. The first-order chi connectivity index (χ1) is 16.3. The molecule has 8 nitrogen and oxygen atoms in total. The summed E-state index contributed by atoms with van der Waals surface area (Å²) in [6.45, 7) is 0.550. The molecule has 2 aromatic carbocycles. The topological polar surface area (TPSA) is 105 Å². The van der Waals surface area contributed by atoms with Crippen LogP contribution in [-0.4, -0.2) is 51.5 Å². The third-order valence-electron chi connectivity index (χ3n) is 5.64. The number of nitrogens with one attached hydrogen (secondary N) is 1. The fourth-order valence-corrected chi connectivity index (χ4v) is 3.90. The second kappa shape index (κ2) is 10.3. The quantitative estimate of drug-likeness (QED) is 0.507. The second-order valence-corrected chi connectivity index (χ2v) is 8.84. The van der Waals surface area contributed by atoms with E-state index >= 15 is 0 Å². The number of aliphatic hydroxyl groups is 1. The lowest BCUT2D eigenvalue weighted by Gasteiger charge is -2.38. The van der Waals surface area contributed by atoms with E-state index in [2.05, 4.69) is 31.2 Å². The molecule has 34 heavy (non-hydrogen) atoms. The highest BCUT2D eigenvalue weighted by Gasteiger charge is 2.35. The van der Waals surface area contributed by atoms with Crippen LogP contribution < -0.4 is 10.1 Å². The van der Waals surface area contributed by atoms with Gasteiger partial charge >= 0.3 is 6.01 Å². The van der Waals surface area contributed by atoms with Crippen LogP contribution in [-0.2, 0) is 10.4 Å². The largest absolute Gasteiger partial charge is 0.453 e. The summed E-state index contributed by atoms with van der Waals surface area (Å²) in [5, 5.41) is 13.6. The summed E-state index contributed by atoms with van der Waals surface area (Å²) in [7, 11) is 0. The summed E-state index contributed by atoms with van der Waals surface area (Å²) in [5.74, 6) is -1.09. The van der Waals surface area contributed by atoms with Gasteiger partial charge in [-0.05, 0) is 54.8 Å². The van der Waals surface area contributed by atoms with Gasteiger partial charge < -0.3 is 20.1 Å². The van der Waals surface area contributed by atoms with Gasteiger partial charge in [-0.2, -0.15) is 0 Å². The van der Waals surface area contributed by atoms with Gasteiger partial charge in [0.05, 0.1) is 11.2 Å². The molecule has 1 aliphatic heterocycles. The molecule has 2 N–H and O–H groups in total. The first-order valence-electron chi connectivity index (χ1n) is 10.6. The minimum atomic E-state index is -0.967. The molecule has 0 aliphatic carbocycles. The van der Waals surface area contributed by atoms with Gasteiger partial charge in [-0.15, -0.1) is 0 Å². The van der Waals surface area contributed by atoms with E-state index in [1.807, 2.05) is 24.3 Å². The maximum atomic E-state index is 13.0. The van der Waals surface area contributed by atoms with Crippen LogP contribution in [0.1, 0.15) is 28.8 Å². The van der Waals surface area contributed by atoms with Crippen LogP contribution in [0.5, 0.6) is 6.01 Å². The number of hydrogen-bond acceptors (Lipinski definition) is 6. The predicted octanol–water partition coefficient (Wildman–Crippen LogP) is 3.52. The number of halogens is 2. The summed E-state index contributed by atoms with van der Waals surface area (Å²) >= 11 is 3.39. The van der Waals surface area contributed by atoms with Gasteiger partial charge in [-0.1, -0.05) is 28.1 Å². The van der Waals surface area contributed by atoms with E-state index in [1.165, 1.54) is 36.7 Å². The lowest BCUT2D eigenvalue weighted by Crippen LogP contribution is -2.46. The molecule has 1 fully saturated rings. The number of aromatic nitrogens is 2. The van der Waals surface area contributed by atoms with Crippen molar-refractivity contribution in [3.63, 3.8) is 0 Å². The zero-order valence-corrected chi connectivity index (χ0v) is 19.7. The van der Waals surface area contributed by atoms with Gasteiger partial charge in [0.25, 0.3) is 11.8 Å². The molecule has 0 saturated carbocycles. The maximum Gasteiger partial charge on any atom is 0.316 e. The van der Waals surface area contributed by atoms with Crippen molar-refractivity contribution >= 4 is 33.4 Å². The van der Waals surface area contributed by atoms with Crippen molar-refractivity contribution in [3.05, 3.63) is 82.3 Å². The predicted molar refractivity (Wildman–Crippen MR) is 126 cm³/mol. The minimum Gasteiger partial charge on any atom is -0.453 e. The normalized spacial score (nSPS) is 15.0. The van der Waals surface area contributed by atoms with Crippen molar-refractivity contribution in [2.45, 2.75) is 18.4 Å². The van der Waals surface area contributed by atoms with Gasteiger partial charge in [0.1, 0.15) is 5.82 Å². The second-order valence-electron chi connectivity index (χ2n) is 7.92. The Kier molecular flexibility index (Phi) is 7.18. The smallest absolute Gasteiger partial charge is 0.316 e. The van der Waals surface area contributed by atoms with Gasteiger partial charge in [0.15, 0.2) is 6.61 Å². The Balaban J connectivity index is 1.26. The fraction of sp³-hybridized carbons (Fsp3) is 0.250. The van der Waals surface area contributed by atoms with E-state index in [0.29, 0.717) is 31.6 Å². The van der Waals surface area contributed by atoms with Crippen LogP contribution in [0.4, 0.5) is 10.1 Å². The van der Waals surface area contributed by atoms with Crippen molar-refractivity contribution < 1.29 is 23.8 Å². The van der Waals surface area contributed by atoms with Gasteiger partial charge in [-0.3, -0.25) is 9.59 Å². The maximum absolute atomic E-state index is 13.0. The van der Waals surface area contributed by atoms with Gasteiger partial charge in [0, 0.05) is 35.6 Å². The number of likely N-dealkylation sites (tertiary alicyclic amines) is 1. The molecular formula is C24H22BrFN4O4. The number of piperidine rings is 1. The number of hydrogen-bond donors (Lipinski definition) is 2. The SMILES string of the molecule is O=C(Nc1ccc(F)cc1)c1cnc(OCC(=O)N2CCC(O)(c3ccc(Br)cc3)CC2)nc1. The summed E-state index contributed by atoms with van der Waals surface area (Å²) in [5.41, 5.74) is 0.485. The lowest BCUT2D eigenvalue weighted by atomic mass is 9.84. The first-order valence-corrected chi connectivity index (χ1v) is 11.4. The summed E-state index contributed by atoms with van der Waals surface area (Å²) in [6, 6.07) is 12.9. The molecule has 1 saturated heterocycles. The van der Waals surface area contributed by atoms with E-state index in [-0.39, 0.29) is 24.1 Å². The van der Waals surface area contributed by atoms with Crippen molar-refractivity contribution in [2.24, 2.45) is 0 Å². The van der Waals surface area contributed by atoms with Crippen LogP contribution in [0.2, 0.25) is 0 Å². The van der Waals surface area contributed by atoms with Crippen LogP contribution in [0.15, 0.2) is 65.4 Å². The fourth-order valence-electron chi connectivity index (χ4n) is 3.64. The minimum absolute atomic E-state index is 0.0324. The van der Waals surface area contributed by atoms with E-state index in [9.17, 15) is 19.1 Å². The van der Waals surface area contributed by atoms with Crippen molar-refractivity contribution in [1.29, 1.82) is 0 Å². The number of ether oxygens (including phenoxy) is 1. The Morgan fingerprint density at radius 3 is 2.29 bits per heavy atom. The van der Waals surface area contributed by atoms with E-state index < -0.39 is 17.3 Å². The average molecular weight is 529 g/mol. The van der Waals surface area contributed by atoms with Gasteiger partial charge in [-0.25, -0.2) is 14.4 Å². The number of carbonyl (C=O) groups excluding carboxylic acids is 2. The molecular weight excluding hydrogens is 507 g/mol. The van der Waals surface area contributed by atoms with Gasteiger partial charge in [0.2, 0.25) is 0 Å². The Hall–Kier alpha value is -3.37. The molecule has 0 spiro atoms. The Labute approximate surface area is 203 Å². The standard InChI is InChI=1S/C24H22BrFN4O4/c25-18-3-1-17(2-4-18)24(33)9-11-30(12-10-24)21(31)15-34-23-27-13-16(14-28-23)22(32)29-20-7-5-19(26)6-8-20/h1-8,13-14,33H,9-12,15H2,(H,29,32). The Bertz CT molecular complexity index is 1150. The highest BCUT2D eigenvalue weighted by atomic mass is 79.9. The van der Waals surface area contributed by atoms with Crippen LogP contribution in [0.25, 0.3) is 0 Å². The molecule has 1 aliphatic rings. The summed E-state index contributed by atoms with van der Waals surface area (Å²) in [6.07, 6.45) is 3.42. The molecule has 0 radical (unpaired) electrons. The monoisotopic (exact) mass is 528 g/mol. The molecule has 4 rings (SSSR count). The summed E-state index contributed by atoms with van der Waals surface area (Å²) < 4.78 is 19.3. The number of amides is 2. The summed E-state index contributed by atoms with van der Waals surface area (Å²) in [4.78, 5) is 34.4. The highest BCUT2D eigenvalue weighted by molar-refractivity contribution is 9.10. The number of nitrogens with zero attached hydrogens (tertiary/aromatic N) is 3. The molecule has 2 amide bonds. The average Bonchev–Trinajstić information content (AvgIpc) is 2.85. The molecule has 2 heterocycles. The number of rotatable bonds is 6. The molecule has 176 valence electrons. The zero-order chi connectivity index (χ0) is 24.1. The van der Waals surface area contributed by atoms with Crippen LogP contribution in [0.3, 0.4) is 0 Å². The van der Waals surface area contributed by atoms with Crippen LogP contribution in [0, 0.1) is 5.82 Å². The molecule has 0 unspecified atom stereocenters. The van der Waals surface area contributed by atoms with E-state index in [0.717, 1.165) is 10.0 Å². The molecule has 10 heteroatoms.